The van der Waals surface area contributed by atoms with Crippen molar-refractivity contribution in [2.75, 3.05) is 6.61 Å². The Morgan fingerprint density at radius 3 is 2.52 bits per heavy atom. The quantitative estimate of drug-likeness (QED) is 0.471. The molecular formula is C16H25ClO4. The number of hydrogen-bond donors (Lipinski definition) is 1. The van der Waals surface area contributed by atoms with Gasteiger partial charge in [-0.1, -0.05) is 38.8 Å². The van der Waals surface area contributed by atoms with Gasteiger partial charge in [-0.25, -0.2) is 4.79 Å². The van der Waals surface area contributed by atoms with E-state index in [1.807, 2.05) is 13.8 Å². The summed E-state index contributed by atoms with van der Waals surface area (Å²) in [5.41, 5.74) is 0.808. The van der Waals surface area contributed by atoms with E-state index < -0.39 is 0 Å². The molecule has 1 rings (SSSR count). The molecule has 1 atom stereocenters. The van der Waals surface area contributed by atoms with Crippen molar-refractivity contribution in [2.45, 2.75) is 47.0 Å². The number of aryl methyl sites for hydroxylation is 1. The van der Waals surface area contributed by atoms with Crippen LogP contribution in [0.25, 0.3) is 0 Å². The van der Waals surface area contributed by atoms with Gasteiger partial charge in [0.1, 0.15) is 5.75 Å². The number of aromatic hydroxyl groups is 1. The lowest BCUT2D eigenvalue weighted by atomic mass is 10.1. The molecule has 1 aromatic rings. The maximum absolute atomic E-state index is 11.0. The lowest BCUT2D eigenvalue weighted by Crippen LogP contribution is -2.14. The van der Waals surface area contributed by atoms with Gasteiger partial charge >= 0.3 is 5.97 Å². The first-order valence-electron chi connectivity index (χ1n) is 7.20. The maximum Gasteiger partial charge on any atom is 0.345 e. The summed E-state index contributed by atoms with van der Waals surface area (Å²) in [6.07, 6.45) is 2.75. The van der Waals surface area contributed by atoms with Crippen LogP contribution in [-0.4, -0.2) is 17.7 Å². The molecule has 1 N–H and O–H groups in total. The van der Waals surface area contributed by atoms with E-state index in [-0.39, 0.29) is 11.9 Å². The Labute approximate surface area is 132 Å². The van der Waals surface area contributed by atoms with Crippen molar-refractivity contribution in [3.05, 3.63) is 28.8 Å². The Balaban J connectivity index is 0.000000394. The van der Waals surface area contributed by atoms with Gasteiger partial charge < -0.3 is 5.11 Å². The summed E-state index contributed by atoms with van der Waals surface area (Å²) in [7, 11) is 0. The smallest absolute Gasteiger partial charge is 0.345 e. The molecule has 0 bridgehead atoms. The molecule has 0 fully saturated rings. The van der Waals surface area contributed by atoms with Crippen LogP contribution in [0.5, 0.6) is 5.75 Å². The van der Waals surface area contributed by atoms with E-state index in [2.05, 4.69) is 11.8 Å². The zero-order valence-corrected chi connectivity index (χ0v) is 13.9. The number of hydrogen-bond acceptors (Lipinski definition) is 4. The second-order valence-corrected chi connectivity index (χ2v) is 5.25. The van der Waals surface area contributed by atoms with Gasteiger partial charge in [-0.2, -0.15) is 4.89 Å². The van der Waals surface area contributed by atoms with Crippen molar-refractivity contribution in [3.8, 4) is 5.75 Å². The zero-order chi connectivity index (χ0) is 16.3. The average Bonchev–Trinajstić information content (AvgIpc) is 2.47. The number of unbranched alkanes of at least 4 members (excludes halogenated alkanes) is 1. The van der Waals surface area contributed by atoms with Gasteiger partial charge in [-0.05, 0) is 43.5 Å². The number of benzene rings is 1. The summed E-state index contributed by atoms with van der Waals surface area (Å²) in [5, 5.41) is 9.64. The van der Waals surface area contributed by atoms with E-state index in [0.29, 0.717) is 17.4 Å². The van der Waals surface area contributed by atoms with Crippen molar-refractivity contribution in [1.29, 1.82) is 0 Å². The Bertz CT molecular complexity index is 421. The summed E-state index contributed by atoms with van der Waals surface area (Å²) in [6.45, 7) is 8.13. The first-order valence-corrected chi connectivity index (χ1v) is 7.58. The molecule has 0 aliphatic rings. The minimum Gasteiger partial charge on any atom is -0.508 e. The molecule has 0 spiro atoms. The third-order valence-electron chi connectivity index (χ3n) is 2.90. The Hall–Kier alpha value is -1.26. The van der Waals surface area contributed by atoms with Crippen molar-refractivity contribution < 1.29 is 19.7 Å². The SMILES string of the molecule is CCCCOOC(=O)C(C)CC.Cc1cc(Cl)ccc1O. The summed E-state index contributed by atoms with van der Waals surface area (Å²) in [4.78, 5) is 20.3. The monoisotopic (exact) mass is 316 g/mol. The third kappa shape index (κ3) is 9.32. The van der Waals surface area contributed by atoms with E-state index in [9.17, 15) is 4.79 Å². The van der Waals surface area contributed by atoms with E-state index >= 15 is 0 Å². The van der Waals surface area contributed by atoms with Crippen LogP contribution in [0.2, 0.25) is 5.02 Å². The first-order chi connectivity index (χ1) is 9.92. The van der Waals surface area contributed by atoms with Gasteiger partial charge in [-0.15, -0.1) is 0 Å². The molecule has 1 aromatic carbocycles. The molecule has 0 aliphatic heterocycles. The third-order valence-corrected chi connectivity index (χ3v) is 3.13. The topological polar surface area (TPSA) is 55.8 Å². The van der Waals surface area contributed by atoms with Gasteiger partial charge in [0, 0.05) is 5.02 Å². The van der Waals surface area contributed by atoms with Gasteiger partial charge in [0.2, 0.25) is 0 Å². The fraction of sp³-hybridized carbons (Fsp3) is 0.562. The Morgan fingerprint density at radius 2 is 2.05 bits per heavy atom. The molecule has 1 unspecified atom stereocenters. The largest absolute Gasteiger partial charge is 0.508 e. The molecule has 0 saturated heterocycles. The number of carbonyl (C=O) groups is 1. The number of rotatable bonds is 6. The summed E-state index contributed by atoms with van der Waals surface area (Å²) in [5.74, 6) is -0.0420. The molecular weight excluding hydrogens is 292 g/mol. The second-order valence-electron chi connectivity index (χ2n) is 4.82. The van der Waals surface area contributed by atoms with Crippen LogP contribution in [0.15, 0.2) is 18.2 Å². The van der Waals surface area contributed by atoms with Crippen LogP contribution in [0.3, 0.4) is 0 Å². The van der Waals surface area contributed by atoms with Crippen LogP contribution >= 0.6 is 11.6 Å². The van der Waals surface area contributed by atoms with Crippen LogP contribution < -0.4 is 0 Å². The van der Waals surface area contributed by atoms with Crippen molar-refractivity contribution in [3.63, 3.8) is 0 Å². The standard InChI is InChI=1S/C9H18O3.C7H7ClO/c1-4-6-7-11-12-9(10)8(3)5-2;1-5-4-6(8)2-3-7(5)9/h8H,4-7H2,1-3H3;2-4,9H,1H3. The highest BCUT2D eigenvalue weighted by atomic mass is 35.5. The molecule has 0 amide bonds. The molecule has 0 aromatic heterocycles. The first kappa shape index (κ1) is 19.7. The summed E-state index contributed by atoms with van der Waals surface area (Å²) < 4.78 is 0. The molecule has 0 aliphatic carbocycles. The normalized spacial score (nSPS) is 11.3. The minimum atomic E-state index is -0.270. The predicted octanol–water partition coefficient (Wildman–Crippen LogP) is 4.66. The molecule has 0 saturated carbocycles. The summed E-state index contributed by atoms with van der Waals surface area (Å²) >= 11 is 5.61. The Kier molecular flexibility index (Phi) is 10.7. The molecule has 5 heteroatoms. The van der Waals surface area contributed by atoms with Gasteiger partial charge in [0.15, 0.2) is 0 Å². The van der Waals surface area contributed by atoms with Crippen LogP contribution in [0.1, 0.15) is 45.6 Å². The summed E-state index contributed by atoms with van der Waals surface area (Å²) in [6, 6.07) is 4.96. The predicted molar refractivity (Wildman–Crippen MR) is 84.3 cm³/mol. The lowest BCUT2D eigenvalue weighted by Gasteiger charge is -2.06. The molecule has 4 nitrogen and oxygen atoms in total. The minimum absolute atomic E-state index is 0.0633. The second kappa shape index (κ2) is 11.4. The highest BCUT2D eigenvalue weighted by Gasteiger charge is 2.12. The highest BCUT2D eigenvalue weighted by Crippen LogP contribution is 2.19. The van der Waals surface area contributed by atoms with Crippen molar-refractivity contribution >= 4 is 17.6 Å². The van der Waals surface area contributed by atoms with E-state index in [4.69, 9.17) is 21.6 Å². The molecule has 120 valence electrons. The van der Waals surface area contributed by atoms with E-state index in [1.165, 1.54) is 0 Å². The van der Waals surface area contributed by atoms with Gasteiger partial charge in [0.05, 0.1) is 12.5 Å². The highest BCUT2D eigenvalue weighted by molar-refractivity contribution is 6.30. The molecule has 0 heterocycles. The number of phenolic OH excluding ortho intramolecular Hbond substituents is 1. The van der Waals surface area contributed by atoms with Crippen LogP contribution in [0, 0.1) is 12.8 Å². The fourth-order valence-electron chi connectivity index (χ4n) is 1.17. The Morgan fingerprint density at radius 1 is 1.38 bits per heavy atom. The number of halogens is 1. The zero-order valence-electron chi connectivity index (χ0n) is 13.2. The number of phenols is 1. The van der Waals surface area contributed by atoms with E-state index in [0.717, 1.165) is 24.8 Å². The van der Waals surface area contributed by atoms with Gasteiger partial charge in [0.25, 0.3) is 0 Å². The fourth-order valence-corrected chi connectivity index (χ4v) is 1.40. The lowest BCUT2D eigenvalue weighted by molar-refractivity contribution is -0.276. The molecule has 0 radical (unpaired) electrons. The van der Waals surface area contributed by atoms with Crippen LogP contribution in [-0.2, 0) is 14.6 Å². The average molecular weight is 317 g/mol. The van der Waals surface area contributed by atoms with Crippen molar-refractivity contribution in [1.82, 2.24) is 0 Å². The van der Waals surface area contributed by atoms with E-state index in [1.54, 1.807) is 25.1 Å². The van der Waals surface area contributed by atoms with Gasteiger partial charge in [-0.3, -0.25) is 4.89 Å². The van der Waals surface area contributed by atoms with Crippen LogP contribution in [0.4, 0.5) is 0 Å². The maximum atomic E-state index is 11.0. The number of carbonyl (C=O) groups excluding carboxylic acids is 1. The molecule has 21 heavy (non-hydrogen) atoms. The van der Waals surface area contributed by atoms with Crippen molar-refractivity contribution in [2.24, 2.45) is 5.92 Å².